The fourth-order valence-electron chi connectivity index (χ4n) is 0.798. The largest absolute Gasteiger partial charge is 0.481 e. The van der Waals surface area contributed by atoms with Gasteiger partial charge in [0.25, 0.3) is 0 Å². The van der Waals surface area contributed by atoms with Crippen LogP contribution in [0.3, 0.4) is 0 Å². The molecule has 0 saturated heterocycles. The highest BCUT2D eigenvalue weighted by Crippen LogP contribution is 2.05. The Morgan fingerprint density at radius 2 is 2.62 bits per heavy atom. The lowest BCUT2D eigenvalue weighted by molar-refractivity contribution is -0.135. The van der Waals surface area contributed by atoms with Crippen LogP contribution in [0.1, 0.15) is 17.7 Å². The molecule has 0 aliphatic carbocycles. The Hall–Kier alpha value is -2.09. The van der Waals surface area contributed by atoms with E-state index < -0.39 is 5.97 Å². The lowest BCUT2D eigenvalue weighted by atomic mass is 10.2. The van der Waals surface area contributed by atoms with E-state index in [4.69, 9.17) is 10.4 Å². The first-order valence-electron chi connectivity index (χ1n) is 3.56. The summed E-state index contributed by atoms with van der Waals surface area (Å²) in [5, 5.41) is 23.0. The number of nitriles is 1. The molecule has 0 aliphatic heterocycles. The molecule has 1 aromatic heterocycles. The lowest BCUT2D eigenvalue weighted by Crippen LogP contribution is -1.89. The van der Waals surface area contributed by atoms with Crippen molar-refractivity contribution in [1.82, 2.24) is 10.2 Å². The van der Waals surface area contributed by atoms with Crippen LogP contribution >= 0.6 is 0 Å². The molecule has 66 valence electrons. The Balaban J connectivity index is 2.69. The van der Waals surface area contributed by atoms with Gasteiger partial charge in [0, 0.05) is 5.56 Å². The molecule has 0 unspecified atom stereocenters. The van der Waals surface area contributed by atoms with Gasteiger partial charge >= 0.3 is 5.97 Å². The van der Waals surface area contributed by atoms with Crippen molar-refractivity contribution in [2.75, 3.05) is 0 Å². The zero-order chi connectivity index (χ0) is 9.68. The number of hydrogen-bond donors (Lipinski definition) is 2. The number of carboxylic acid groups (broad SMARTS) is 1. The summed E-state index contributed by atoms with van der Waals surface area (Å²) in [6.45, 7) is 0. The van der Waals surface area contributed by atoms with E-state index in [1.165, 1.54) is 12.3 Å². The molecule has 13 heavy (non-hydrogen) atoms. The standard InChI is InChI=1S/C8H7N3O2/c9-4-7-6(5-10-11-7)2-1-3-8(12)13/h1-2,5H,3H2,(H,10,11)(H,12,13). The summed E-state index contributed by atoms with van der Waals surface area (Å²) in [7, 11) is 0. The van der Waals surface area contributed by atoms with Crippen molar-refractivity contribution in [3.05, 3.63) is 23.5 Å². The molecule has 0 spiro atoms. The average molecular weight is 177 g/mol. The molecule has 1 rings (SSSR count). The maximum absolute atomic E-state index is 10.1. The number of aromatic nitrogens is 2. The number of H-pyrrole nitrogens is 1. The van der Waals surface area contributed by atoms with Gasteiger partial charge in [0.15, 0.2) is 0 Å². The number of nitrogens with zero attached hydrogens (tertiary/aromatic N) is 2. The topological polar surface area (TPSA) is 89.8 Å². The van der Waals surface area contributed by atoms with E-state index in [1.54, 1.807) is 6.08 Å². The van der Waals surface area contributed by atoms with E-state index in [1.807, 2.05) is 6.07 Å². The highest BCUT2D eigenvalue weighted by atomic mass is 16.4. The first kappa shape index (κ1) is 9.00. The van der Waals surface area contributed by atoms with Crippen LogP contribution in [-0.2, 0) is 4.79 Å². The van der Waals surface area contributed by atoms with Gasteiger partial charge in [0.2, 0.25) is 0 Å². The SMILES string of the molecule is N#Cc1[nH]ncc1C=CCC(=O)O. The summed E-state index contributed by atoms with van der Waals surface area (Å²) >= 11 is 0. The van der Waals surface area contributed by atoms with Gasteiger partial charge in [-0.1, -0.05) is 12.2 Å². The summed E-state index contributed by atoms with van der Waals surface area (Å²) in [6, 6.07) is 1.90. The third kappa shape index (κ3) is 2.45. The quantitative estimate of drug-likeness (QED) is 0.713. The van der Waals surface area contributed by atoms with Gasteiger partial charge in [-0.2, -0.15) is 10.4 Å². The minimum Gasteiger partial charge on any atom is -0.481 e. The van der Waals surface area contributed by atoms with E-state index in [9.17, 15) is 4.79 Å². The highest BCUT2D eigenvalue weighted by molar-refractivity contribution is 5.70. The number of hydrogen-bond acceptors (Lipinski definition) is 3. The molecule has 0 bridgehead atoms. The minimum absolute atomic E-state index is 0.0595. The van der Waals surface area contributed by atoms with Crippen LogP contribution in [0.25, 0.3) is 6.08 Å². The van der Waals surface area contributed by atoms with E-state index in [-0.39, 0.29) is 6.42 Å². The number of aliphatic carboxylic acids is 1. The van der Waals surface area contributed by atoms with Crippen molar-refractivity contribution >= 4 is 12.0 Å². The van der Waals surface area contributed by atoms with Crippen LogP contribution in [0.2, 0.25) is 0 Å². The molecule has 5 heteroatoms. The van der Waals surface area contributed by atoms with Crippen LogP contribution in [0.4, 0.5) is 0 Å². The molecular formula is C8H7N3O2. The summed E-state index contributed by atoms with van der Waals surface area (Å²) < 4.78 is 0. The Morgan fingerprint density at radius 3 is 3.23 bits per heavy atom. The first-order valence-corrected chi connectivity index (χ1v) is 3.56. The van der Waals surface area contributed by atoms with Crippen molar-refractivity contribution in [2.24, 2.45) is 0 Å². The predicted molar refractivity (Wildman–Crippen MR) is 44.6 cm³/mol. The molecule has 0 fully saturated rings. The zero-order valence-electron chi connectivity index (χ0n) is 6.69. The first-order chi connectivity index (χ1) is 6.24. The van der Waals surface area contributed by atoms with Gasteiger partial charge in [-0.25, -0.2) is 0 Å². The van der Waals surface area contributed by atoms with Crippen molar-refractivity contribution < 1.29 is 9.90 Å². The van der Waals surface area contributed by atoms with Crippen LogP contribution in [-0.4, -0.2) is 21.3 Å². The normalized spacial score (nSPS) is 10.1. The minimum atomic E-state index is -0.904. The van der Waals surface area contributed by atoms with Crippen molar-refractivity contribution in [1.29, 1.82) is 5.26 Å². The molecular weight excluding hydrogens is 170 g/mol. The third-order valence-corrected chi connectivity index (χ3v) is 1.37. The van der Waals surface area contributed by atoms with Gasteiger partial charge in [-0.3, -0.25) is 9.89 Å². The van der Waals surface area contributed by atoms with E-state index in [2.05, 4.69) is 10.2 Å². The van der Waals surface area contributed by atoms with Crippen LogP contribution in [0.5, 0.6) is 0 Å². The maximum atomic E-state index is 10.1. The number of carbonyl (C=O) groups is 1. The van der Waals surface area contributed by atoms with Gasteiger partial charge in [0.05, 0.1) is 12.6 Å². The number of aromatic amines is 1. The highest BCUT2D eigenvalue weighted by Gasteiger charge is 1.99. The van der Waals surface area contributed by atoms with Crippen LogP contribution < -0.4 is 0 Å². The maximum Gasteiger partial charge on any atom is 0.307 e. The fraction of sp³-hybridized carbons (Fsp3) is 0.125. The van der Waals surface area contributed by atoms with Crippen LogP contribution in [0.15, 0.2) is 12.3 Å². The Kier molecular flexibility index (Phi) is 2.82. The summed E-state index contributed by atoms with van der Waals surface area (Å²) in [4.78, 5) is 10.1. The van der Waals surface area contributed by atoms with Crippen LogP contribution in [0, 0.1) is 11.3 Å². The number of carboxylic acids is 1. The Morgan fingerprint density at radius 1 is 1.85 bits per heavy atom. The van der Waals surface area contributed by atoms with Crippen molar-refractivity contribution in [2.45, 2.75) is 6.42 Å². The molecule has 0 aliphatic rings. The zero-order valence-corrected chi connectivity index (χ0v) is 6.69. The summed E-state index contributed by atoms with van der Waals surface area (Å²) in [5.74, 6) is -0.904. The summed E-state index contributed by atoms with van der Waals surface area (Å²) in [6.07, 6.45) is 4.43. The van der Waals surface area contributed by atoms with E-state index in [0.717, 1.165) is 0 Å². The van der Waals surface area contributed by atoms with E-state index >= 15 is 0 Å². The molecule has 1 aromatic rings. The second-order valence-electron chi connectivity index (χ2n) is 2.31. The third-order valence-electron chi connectivity index (χ3n) is 1.37. The van der Waals surface area contributed by atoms with Crippen molar-refractivity contribution in [3.63, 3.8) is 0 Å². The van der Waals surface area contributed by atoms with Gasteiger partial charge in [-0.05, 0) is 0 Å². The molecule has 0 radical (unpaired) electrons. The van der Waals surface area contributed by atoms with Gasteiger partial charge in [-0.15, -0.1) is 0 Å². The smallest absolute Gasteiger partial charge is 0.307 e. The second kappa shape index (κ2) is 4.07. The molecule has 0 atom stereocenters. The fourth-order valence-corrected chi connectivity index (χ4v) is 0.798. The molecule has 5 nitrogen and oxygen atoms in total. The number of nitrogens with one attached hydrogen (secondary N) is 1. The Bertz CT molecular complexity index is 373. The molecule has 0 aromatic carbocycles. The van der Waals surface area contributed by atoms with E-state index in [0.29, 0.717) is 11.3 Å². The van der Waals surface area contributed by atoms with Gasteiger partial charge in [0.1, 0.15) is 11.8 Å². The predicted octanol–water partition coefficient (Wildman–Crippen LogP) is 0.769. The second-order valence-corrected chi connectivity index (χ2v) is 2.31. The van der Waals surface area contributed by atoms with Crippen molar-refractivity contribution in [3.8, 4) is 6.07 Å². The Labute approximate surface area is 74.3 Å². The molecule has 0 saturated carbocycles. The summed E-state index contributed by atoms with van der Waals surface area (Å²) in [5.41, 5.74) is 0.936. The molecule has 0 amide bonds. The monoisotopic (exact) mass is 177 g/mol. The van der Waals surface area contributed by atoms with Gasteiger partial charge < -0.3 is 5.11 Å². The average Bonchev–Trinajstić information content (AvgIpc) is 2.51. The number of rotatable bonds is 3. The lowest BCUT2D eigenvalue weighted by Gasteiger charge is -1.85. The molecule has 2 N–H and O–H groups in total. The molecule has 1 heterocycles.